The number of amides is 2. The highest BCUT2D eigenvalue weighted by atomic mass is 35.5. The Morgan fingerprint density at radius 2 is 1.58 bits per heavy atom. The Bertz CT molecular complexity index is 567. The van der Waals surface area contributed by atoms with Gasteiger partial charge in [-0.1, -0.05) is 6.42 Å². The van der Waals surface area contributed by atoms with E-state index in [1.54, 1.807) is 24.3 Å². The number of hydrogen-bond donors (Lipinski definition) is 3. The number of carbonyl (C=O) groups excluding carboxylic acids is 2. The van der Waals surface area contributed by atoms with Crippen LogP contribution in [0.4, 0.5) is 11.4 Å². The lowest BCUT2D eigenvalue weighted by Gasteiger charge is -2.15. The van der Waals surface area contributed by atoms with Gasteiger partial charge in [0.2, 0.25) is 11.8 Å². The van der Waals surface area contributed by atoms with Gasteiger partial charge in [-0.05, 0) is 57.1 Å². The van der Waals surface area contributed by atoms with Crippen LogP contribution in [0.5, 0.6) is 0 Å². The number of nitrogens with two attached hydrogens (primary N) is 1. The fourth-order valence-electron chi connectivity index (χ4n) is 2.95. The molecule has 1 aromatic rings. The minimum absolute atomic E-state index is 0. The van der Waals surface area contributed by atoms with E-state index in [1.807, 2.05) is 19.0 Å². The number of hydrogen-bond acceptors (Lipinski definition) is 4. The van der Waals surface area contributed by atoms with Gasteiger partial charge in [-0.2, -0.15) is 0 Å². The summed E-state index contributed by atoms with van der Waals surface area (Å²) in [4.78, 5) is 25.8. The van der Waals surface area contributed by atoms with Crippen molar-refractivity contribution in [2.75, 3.05) is 31.3 Å². The number of nitrogens with one attached hydrogen (secondary N) is 2. The molecule has 0 aliphatic heterocycles. The molecule has 2 rings (SSSR count). The van der Waals surface area contributed by atoms with Crippen LogP contribution in [0.2, 0.25) is 0 Å². The van der Waals surface area contributed by atoms with Gasteiger partial charge in [0, 0.05) is 36.8 Å². The third-order valence-electron chi connectivity index (χ3n) is 4.40. The highest BCUT2D eigenvalue weighted by Gasteiger charge is 2.25. The molecule has 0 spiro atoms. The summed E-state index contributed by atoms with van der Waals surface area (Å²) < 4.78 is 0. The maximum Gasteiger partial charge on any atom is 0.225 e. The van der Waals surface area contributed by atoms with Crippen LogP contribution in [0.25, 0.3) is 0 Å². The predicted molar refractivity (Wildman–Crippen MR) is 111 cm³/mol. The summed E-state index contributed by atoms with van der Waals surface area (Å²) in [6.45, 7) is 0.712. The number of benzene rings is 1. The molecule has 1 aromatic carbocycles. The zero-order valence-electron chi connectivity index (χ0n) is 15.4. The SMILES string of the molecule is CN(C)CCC(=O)Nc1ccc(NC(=O)C[C@@H]2CCC[C@H]2N)cc1.Cl.Cl. The Hall–Kier alpha value is -1.34. The number of carbonyl (C=O) groups is 2. The highest BCUT2D eigenvalue weighted by molar-refractivity contribution is 5.93. The molecule has 1 fully saturated rings. The van der Waals surface area contributed by atoms with E-state index in [0.29, 0.717) is 25.3 Å². The maximum absolute atomic E-state index is 12.1. The largest absolute Gasteiger partial charge is 0.327 e. The van der Waals surface area contributed by atoms with Crippen molar-refractivity contribution in [3.8, 4) is 0 Å². The molecule has 2 atom stereocenters. The first-order chi connectivity index (χ1) is 11.4. The summed E-state index contributed by atoms with van der Waals surface area (Å²) in [5.74, 6) is 0.274. The number of nitrogens with zero attached hydrogens (tertiary/aromatic N) is 1. The molecule has 2 amide bonds. The van der Waals surface area contributed by atoms with Gasteiger partial charge in [0.15, 0.2) is 0 Å². The summed E-state index contributed by atoms with van der Waals surface area (Å²) in [6.07, 6.45) is 4.09. The monoisotopic (exact) mass is 404 g/mol. The van der Waals surface area contributed by atoms with Crippen molar-refractivity contribution in [2.24, 2.45) is 11.7 Å². The van der Waals surface area contributed by atoms with Crippen molar-refractivity contribution in [3.05, 3.63) is 24.3 Å². The average molecular weight is 405 g/mol. The first-order valence-electron chi connectivity index (χ1n) is 8.54. The first-order valence-corrected chi connectivity index (χ1v) is 8.54. The summed E-state index contributed by atoms with van der Waals surface area (Å²) in [7, 11) is 3.87. The quantitative estimate of drug-likeness (QED) is 0.651. The molecule has 0 bridgehead atoms. The molecule has 26 heavy (non-hydrogen) atoms. The van der Waals surface area contributed by atoms with Gasteiger partial charge in [0.05, 0.1) is 0 Å². The summed E-state index contributed by atoms with van der Waals surface area (Å²) >= 11 is 0. The van der Waals surface area contributed by atoms with Gasteiger partial charge >= 0.3 is 0 Å². The van der Waals surface area contributed by atoms with E-state index in [1.165, 1.54) is 0 Å². The van der Waals surface area contributed by atoms with Gasteiger partial charge in [0.1, 0.15) is 0 Å². The van der Waals surface area contributed by atoms with Crippen molar-refractivity contribution in [3.63, 3.8) is 0 Å². The van der Waals surface area contributed by atoms with Crippen molar-refractivity contribution in [2.45, 2.75) is 38.1 Å². The predicted octanol–water partition coefficient (Wildman–Crippen LogP) is 2.88. The standard InChI is InChI=1S/C18H28N4O2.2ClH/c1-22(2)11-10-17(23)20-14-6-8-15(9-7-14)21-18(24)12-13-4-3-5-16(13)19;;/h6-9,13,16H,3-5,10-12,19H2,1-2H3,(H,20,23)(H,21,24);2*1H/t13-,16+;;/m0../s1. The van der Waals surface area contributed by atoms with E-state index in [0.717, 1.165) is 30.6 Å². The average Bonchev–Trinajstić information content (AvgIpc) is 2.92. The fraction of sp³-hybridized carbons (Fsp3) is 0.556. The molecule has 0 saturated heterocycles. The second kappa shape index (κ2) is 12.1. The molecular formula is C18H30Cl2N4O2. The molecular weight excluding hydrogens is 375 g/mol. The van der Waals surface area contributed by atoms with Crippen molar-refractivity contribution in [1.29, 1.82) is 0 Å². The molecule has 0 radical (unpaired) electrons. The van der Waals surface area contributed by atoms with Crippen LogP contribution < -0.4 is 16.4 Å². The van der Waals surface area contributed by atoms with E-state index in [4.69, 9.17) is 5.73 Å². The zero-order chi connectivity index (χ0) is 17.5. The van der Waals surface area contributed by atoms with Crippen molar-refractivity contribution < 1.29 is 9.59 Å². The van der Waals surface area contributed by atoms with Crippen molar-refractivity contribution in [1.82, 2.24) is 4.90 Å². The number of rotatable bonds is 7. The van der Waals surface area contributed by atoms with Crippen LogP contribution in [0.3, 0.4) is 0 Å². The summed E-state index contributed by atoms with van der Waals surface area (Å²) in [5, 5.41) is 5.74. The lowest BCUT2D eigenvalue weighted by atomic mass is 10.00. The van der Waals surface area contributed by atoms with E-state index >= 15 is 0 Å². The molecule has 148 valence electrons. The molecule has 1 aliphatic carbocycles. The van der Waals surface area contributed by atoms with Crippen LogP contribution in [-0.4, -0.2) is 43.4 Å². The second-order valence-electron chi connectivity index (χ2n) is 6.79. The first kappa shape index (κ1) is 24.7. The van der Waals surface area contributed by atoms with Crippen LogP contribution in [0, 0.1) is 5.92 Å². The topological polar surface area (TPSA) is 87.5 Å². The molecule has 0 heterocycles. The maximum atomic E-state index is 12.1. The third-order valence-corrected chi connectivity index (χ3v) is 4.40. The van der Waals surface area contributed by atoms with E-state index in [2.05, 4.69) is 10.6 Å². The number of anilines is 2. The minimum atomic E-state index is -0.0179. The molecule has 6 nitrogen and oxygen atoms in total. The molecule has 8 heteroatoms. The molecule has 0 unspecified atom stereocenters. The van der Waals surface area contributed by atoms with E-state index in [-0.39, 0.29) is 42.7 Å². The normalized spacial score (nSPS) is 18.6. The van der Waals surface area contributed by atoms with Gasteiger partial charge in [-0.15, -0.1) is 24.8 Å². The fourth-order valence-corrected chi connectivity index (χ4v) is 2.95. The highest BCUT2D eigenvalue weighted by Crippen LogP contribution is 2.27. The Balaban J connectivity index is 0.00000312. The lowest BCUT2D eigenvalue weighted by Crippen LogP contribution is -2.28. The van der Waals surface area contributed by atoms with Gasteiger partial charge in [0.25, 0.3) is 0 Å². The lowest BCUT2D eigenvalue weighted by molar-refractivity contribution is -0.117. The Kier molecular flexibility index (Phi) is 11.5. The van der Waals surface area contributed by atoms with Gasteiger partial charge in [-0.3, -0.25) is 9.59 Å². The van der Waals surface area contributed by atoms with Gasteiger partial charge < -0.3 is 21.3 Å². The van der Waals surface area contributed by atoms with Crippen LogP contribution in [-0.2, 0) is 9.59 Å². The van der Waals surface area contributed by atoms with Crippen LogP contribution in [0.1, 0.15) is 32.1 Å². The van der Waals surface area contributed by atoms with Crippen LogP contribution in [0.15, 0.2) is 24.3 Å². The Morgan fingerprint density at radius 3 is 2.04 bits per heavy atom. The minimum Gasteiger partial charge on any atom is -0.327 e. The van der Waals surface area contributed by atoms with E-state index in [9.17, 15) is 9.59 Å². The Labute approximate surface area is 168 Å². The molecule has 0 aromatic heterocycles. The summed E-state index contributed by atoms with van der Waals surface area (Å²) in [5.41, 5.74) is 7.47. The molecule has 1 aliphatic rings. The van der Waals surface area contributed by atoms with Crippen LogP contribution >= 0.6 is 24.8 Å². The third kappa shape index (κ3) is 8.36. The Morgan fingerprint density at radius 1 is 1.04 bits per heavy atom. The number of halogens is 2. The van der Waals surface area contributed by atoms with Gasteiger partial charge in [-0.25, -0.2) is 0 Å². The molecule has 1 saturated carbocycles. The van der Waals surface area contributed by atoms with E-state index < -0.39 is 0 Å². The smallest absolute Gasteiger partial charge is 0.225 e. The zero-order valence-corrected chi connectivity index (χ0v) is 17.0. The molecule has 4 N–H and O–H groups in total. The summed E-state index contributed by atoms with van der Waals surface area (Å²) in [6, 6.07) is 7.34. The van der Waals surface area contributed by atoms with Crippen molar-refractivity contribution >= 4 is 48.0 Å². The second-order valence-corrected chi connectivity index (χ2v) is 6.79.